The predicted octanol–water partition coefficient (Wildman–Crippen LogP) is 3.37. The van der Waals surface area contributed by atoms with Gasteiger partial charge in [0, 0.05) is 20.1 Å². The number of nitrogens with one attached hydrogen (secondary N) is 2. The monoisotopic (exact) mass is 473 g/mol. The lowest BCUT2D eigenvalue weighted by molar-refractivity contribution is 0.354. The number of hydrogen-bond acceptors (Lipinski definition) is 3. The number of benzene rings is 2. The fourth-order valence-electron chi connectivity index (χ4n) is 2.41. The van der Waals surface area contributed by atoms with Crippen molar-refractivity contribution < 1.29 is 13.9 Å². The van der Waals surface area contributed by atoms with Crippen LogP contribution in [0.4, 0.5) is 4.39 Å². The molecule has 0 aliphatic heterocycles. The van der Waals surface area contributed by atoms with Crippen molar-refractivity contribution >= 4 is 29.9 Å². The maximum absolute atomic E-state index is 13.2. The Labute approximate surface area is 171 Å². The third-order valence-corrected chi connectivity index (χ3v) is 3.73. The molecule has 0 saturated carbocycles. The first kappa shape index (κ1) is 22.0. The van der Waals surface area contributed by atoms with Crippen molar-refractivity contribution in [3.8, 4) is 11.5 Å². The number of aliphatic imine (C=N–C) groups is 1. The predicted molar refractivity (Wildman–Crippen MR) is 113 cm³/mol. The summed E-state index contributed by atoms with van der Waals surface area (Å²) in [7, 11) is 4.94. The van der Waals surface area contributed by atoms with Gasteiger partial charge in [0.2, 0.25) is 0 Å². The number of hydrogen-bond donors (Lipinski definition) is 2. The summed E-state index contributed by atoms with van der Waals surface area (Å²) in [6, 6.07) is 12.4. The van der Waals surface area contributed by atoms with E-state index < -0.39 is 0 Å². The molecule has 142 valence electrons. The standard InChI is InChI=1S/C19H24FN3O2.HI/c1-21-19(22-10-9-14-5-4-6-16(20)11-14)23-13-15-7-8-17(24-2)18(12-15)25-3;/h4-8,11-12H,9-10,13H2,1-3H3,(H2,21,22,23);1H. The van der Waals surface area contributed by atoms with Crippen molar-refractivity contribution in [2.24, 2.45) is 4.99 Å². The molecule has 5 nitrogen and oxygen atoms in total. The first-order valence-electron chi connectivity index (χ1n) is 8.06. The van der Waals surface area contributed by atoms with E-state index in [4.69, 9.17) is 9.47 Å². The summed E-state index contributed by atoms with van der Waals surface area (Å²) < 4.78 is 23.7. The van der Waals surface area contributed by atoms with Gasteiger partial charge in [-0.2, -0.15) is 0 Å². The van der Waals surface area contributed by atoms with Crippen LogP contribution >= 0.6 is 24.0 Å². The van der Waals surface area contributed by atoms with Gasteiger partial charge >= 0.3 is 0 Å². The molecule has 0 atom stereocenters. The lowest BCUT2D eigenvalue weighted by atomic mass is 10.1. The summed E-state index contributed by atoms with van der Waals surface area (Å²) >= 11 is 0. The highest BCUT2D eigenvalue weighted by molar-refractivity contribution is 14.0. The second-order valence-electron chi connectivity index (χ2n) is 5.42. The van der Waals surface area contributed by atoms with E-state index in [1.54, 1.807) is 33.4 Å². The molecule has 0 spiro atoms. The number of rotatable bonds is 7. The van der Waals surface area contributed by atoms with Gasteiger partial charge in [-0.15, -0.1) is 24.0 Å². The van der Waals surface area contributed by atoms with Crippen molar-refractivity contribution in [1.29, 1.82) is 0 Å². The lowest BCUT2D eigenvalue weighted by Gasteiger charge is -2.13. The summed E-state index contributed by atoms with van der Waals surface area (Å²) in [5, 5.41) is 6.46. The molecule has 0 heterocycles. The topological polar surface area (TPSA) is 54.9 Å². The highest BCUT2D eigenvalue weighted by Crippen LogP contribution is 2.27. The van der Waals surface area contributed by atoms with E-state index in [2.05, 4.69) is 15.6 Å². The number of guanidine groups is 1. The van der Waals surface area contributed by atoms with Crippen LogP contribution in [0.2, 0.25) is 0 Å². The first-order valence-corrected chi connectivity index (χ1v) is 8.06. The zero-order valence-electron chi connectivity index (χ0n) is 15.2. The number of methoxy groups -OCH3 is 2. The Morgan fingerprint density at radius 3 is 2.42 bits per heavy atom. The second kappa shape index (κ2) is 11.6. The average Bonchev–Trinajstić information content (AvgIpc) is 2.64. The molecule has 7 heteroatoms. The second-order valence-corrected chi connectivity index (χ2v) is 5.42. The Morgan fingerprint density at radius 2 is 1.77 bits per heavy atom. The summed E-state index contributed by atoms with van der Waals surface area (Å²) in [4.78, 5) is 4.19. The maximum atomic E-state index is 13.2. The van der Waals surface area contributed by atoms with E-state index in [1.807, 2.05) is 24.3 Å². The molecule has 0 saturated heterocycles. The highest BCUT2D eigenvalue weighted by atomic mass is 127. The van der Waals surface area contributed by atoms with Gasteiger partial charge in [-0.05, 0) is 41.8 Å². The molecular formula is C19H25FIN3O2. The van der Waals surface area contributed by atoms with Crippen LogP contribution in [0, 0.1) is 5.82 Å². The van der Waals surface area contributed by atoms with Crippen LogP contribution in [0.5, 0.6) is 11.5 Å². The Bertz CT molecular complexity index is 726. The Morgan fingerprint density at radius 1 is 1.00 bits per heavy atom. The molecule has 2 aromatic rings. The van der Waals surface area contributed by atoms with E-state index in [0.717, 1.165) is 17.5 Å². The Hall–Kier alpha value is -2.03. The quantitative estimate of drug-likeness (QED) is 0.368. The molecule has 0 fully saturated rings. The average molecular weight is 473 g/mol. The number of halogens is 2. The van der Waals surface area contributed by atoms with Gasteiger partial charge in [0.1, 0.15) is 5.82 Å². The van der Waals surface area contributed by atoms with Crippen LogP contribution in [-0.2, 0) is 13.0 Å². The summed E-state index contributed by atoms with van der Waals surface area (Å²) in [6.45, 7) is 1.26. The molecule has 0 aliphatic rings. The van der Waals surface area contributed by atoms with Crippen molar-refractivity contribution in [1.82, 2.24) is 10.6 Å². The van der Waals surface area contributed by atoms with Crippen molar-refractivity contribution in [2.45, 2.75) is 13.0 Å². The smallest absolute Gasteiger partial charge is 0.191 e. The molecule has 2 N–H and O–H groups in total. The minimum Gasteiger partial charge on any atom is -0.493 e. The molecule has 26 heavy (non-hydrogen) atoms. The van der Waals surface area contributed by atoms with Gasteiger partial charge in [-0.3, -0.25) is 4.99 Å². The minimum atomic E-state index is -0.214. The third-order valence-electron chi connectivity index (χ3n) is 3.73. The number of nitrogens with zero attached hydrogens (tertiary/aromatic N) is 1. The van der Waals surface area contributed by atoms with Crippen LogP contribution < -0.4 is 20.1 Å². The normalized spacial score (nSPS) is 10.7. The molecule has 0 unspecified atom stereocenters. The van der Waals surface area contributed by atoms with Gasteiger partial charge in [0.05, 0.1) is 14.2 Å². The van der Waals surface area contributed by atoms with E-state index in [0.29, 0.717) is 30.5 Å². The first-order chi connectivity index (χ1) is 12.2. The van der Waals surface area contributed by atoms with Gasteiger partial charge in [-0.25, -0.2) is 4.39 Å². The highest BCUT2D eigenvalue weighted by Gasteiger charge is 2.05. The van der Waals surface area contributed by atoms with Crippen LogP contribution in [0.25, 0.3) is 0 Å². The zero-order chi connectivity index (χ0) is 18.1. The SMILES string of the molecule is CN=C(NCCc1cccc(F)c1)NCc1ccc(OC)c(OC)c1.I. The fraction of sp³-hybridized carbons (Fsp3) is 0.316. The van der Waals surface area contributed by atoms with Gasteiger partial charge in [-0.1, -0.05) is 18.2 Å². The molecule has 2 aromatic carbocycles. The van der Waals surface area contributed by atoms with E-state index in [9.17, 15) is 4.39 Å². The van der Waals surface area contributed by atoms with Crippen LogP contribution in [0.1, 0.15) is 11.1 Å². The van der Waals surface area contributed by atoms with Gasteiger partial charge in [0.15, 0.2) is 17.5 Å². The van der Waals surface area contributed by atoms with Crippen LogP contribution in [0.3, 0.4) is 0 Å². The molecule has 0 amide bonds. The van der Waals surface area contributed by atoms with Gasteiger partial charge < -0.3 is 20.1 Å². The molecular weight excluding hydrogens is 448 g/mol. The van der Waals surface area contributed by atoms with Gasteiger partial charge in [0.25, 0.3) is 0 Å². The fourth-order valence-corrected chi connectivity index (χ4v) is 2.41. The Kier molecular flexibility index (Phi) is 9.79. The molecule has 0 aromatic heterocycles. The maximum Gasteiger partial charge on any atom is 0.191 e. The van der Waals surface area contributed by atoms with Crippen molar-refractivity contribution in [3.63, 3.8) is 0 Å². The lowest BCUT2D eigenvalue weighted by Crippen LogP contribution is -2.37. The summed E-state index contributed by atoms with van der Waals surface area (Å²) in [5.41, 5.74) is 1.99. The van der Waals surface area contributed by atoms with Crippen molar-refractivity contribution in [3.05, 3.63) is 59.4 Å². The third kappa shape index (κ3) is 6.70. The summed E-state index contributed by atoms with van der Waals surface area (Å²) in [5.74, 6) is 1.86. The van der Waals surface area contributed by atoms with E-state index >= 15 is 0 Å². The molecule has 0 radical (unpaired) electrons. The van der Waals surface area contributed by atoms with Crippen molar-refractivity contribution in [2.75, 3.05) is 27.8 Å². The Balaban J connectivity index is 0.00000338. The molecule has 2 rings (SSSR count). The largest absolute Gasteiger partial charge is 0.493 e. The van der Waals surface area contributed by atoms with Crippen LogP contribution in [-0.4, -0.2) is 33.8 Å². The molecule has 0 bridgehead atoms. The minimum absolute atomic E-state index is 0. The zero-order valence-corrected chi connectivity index (χ0v) is 17.5. The van der Waals surface area contributed by atoms with E-state index in [1.165, 1.54) is 6.07 Å². The van der Waals surface area contributed by atoms with E-state index in [-0.39, 0.29) is 29.8 Å². The number of ether oxygens (including phenoxy) is 2. The molecule has 0 aliphatic carbocycles. The summed E-state index contributed by atoms with van der Waals surface area (Å²) in [6.07, 6.45) is 0.717. The van der Waals surface area contributed by atoms with Crippen LogP contribution in [0.15, 0.2) is 47.5 Å².